The number of carbonyl (C=O) groups is 2. The maximum absolute atomic E-state index is 14.0. The molecule has 1 radical (unpaired) electrons. The lowest BCUT2D eigenvalue weighted by Crippen LogP contribution is -2.23. The standard InChI is InChI=1S/C23H23FN3O3/c1-27(2)23(29)19(16-25)14-18-8-9-20(24)21(15-18)30-13-11-22(28)26-12-10-17-6-4-3-5-7-17/h3-9,12,14-15H,10-11,13H2,1-2H3,(H,26,28). The lowest BCUT2D eigenvalue weighted by molar-refractivity contribution is -0.124. The number of nitrogens with zero attached hydrogens (tertiary/aromatic N) is 2. The Morgan fingerprint density at radius 3 is 2.60 bits per heavy atom. The van der Waals surface area contributed by atoms with Crippen LogP contribution in [0.2, 0.25) is 0 Å². The molecule has 0 saturated heterocycles. The third-order valence-electron chi connectivity index (χ3n) is 4.05. The fourth-order valence-electron chi connectivity index (χ4n) is 2.49. The first-order valence-electron chi connectivity index (χ1n) is 9.31. The Morgan fingerprint density at radius 1 is 1.20 bits per heavy atom. The molecule has 0 atom stereocenters. The number of rotatable bonds is 9. The van der Waals surface area contributed by atoms with Gasteiger partial charge < -0.3 is 15.0 Å². The monoisotopic (exact) mass is 408 g/mol. The third kappa shape index (κ3) is 7.06. The Balaban J connectivity index is 1.87. The van der Waals surface area contributed by atoms with Gasteiger partial charge in [-0.25, -0.2) is 4.39 Å². The number of amides is 2. The van der Waals surface area contributed by atoms with E-state index < -0.39 is 11.7 Å². The summed E-state index contributed by atoms with van der Waals surface area (Å²) in [4.78, 5) is 25.1. The minimum atomic E-state index is -0.597. The molecule has 0 aliphatic heterocycles. The third-order valence-corrected chi connectivity index (χ3v) is 4.05. The Hall–Kier alpha value is -3.66. The number of nitriles is 1. The minimum absolute atomic E-state index is 0.0170. The van der Waals surface area contributed by atoms with Crippen LogP contribution in [0.1, 0.15) is 17.5 Å². The summed E-state index contributed by atoms with van der Waals surface area (Å²) in [5, 5.41) is 11.8. The maximum atomic E-state index is 14.0. The number of ether oxygens (including phenoxy) is 1. The van der Waals surface area contributed by atoms with Gasteiger partial charge in [-0.05, 0) is 35.8 Å². The van der Waals surface area contributed by atoms with E-state index in [0.717, 1.165) is 5.56 Å². The summed E-state index contributed by atoms with van der Waals surface area (Å²) in [6, 6.07) is 15.5. The number of benzene rings is 2. The van der Waals surface area contributed by atoms with E-state index in [1.54, 1.807) is 6.54 Å². The molecule has 30 heavy (non-hydrogen) atoms. The molecule has 0 spiro atoms. The van der Waals surface area contributed by atoms with E-state index in [2.05, 4.69) is 5.32 Å². The molecule has 2 amide bonds. The summed E-state index contributed by atoms with van der Waals surface area (Å²) >= 11 is 0. The van der Waals surface area contributed by atoms with Gasteiger partial charge in [-0.15, -0.1) is 0 Å². The Kier molecular flexibility index (Phi) is 8.57. The molecule has 2 aromatic carbocycles. The summed E-state index contributed by atoms with van der Waals surface area (Å²) in [5.41, 5.74) is 1.44. The molecule has 6 nitrogen and oxygen atoms in total. The van der Waals surface area contributed by atoms with E-state index in [1.165, 1.54) is 43.3 Å². The molecule has 0 bridgehead atoms. The molecule has 2 aromatic rings. The van der Waals surface area contributed by atoms with Gasteiger partial charge in [-0.1, -0.05) is 36.4 Å². The van der Waals surface area contributed by atoms with Crippen molar-refractivity contribution in [1.82, 2.24) is 10.2 Å². The predicted molar refractivity (Wildman–Crippen MR) is 111 cm³/mol. The van der Waals surface area contributed by atoms with E-state index in [1.807, 2.05) is 36.4 Å². The molecular weight excluding hydrogens is 385 g/mol. The van der Waals surface area contributed by atoms with Gasteiger partial charge in [0.15, 0.2) is 11.6 Å². The highest BCUT2D eigenvalue weighted by atomic mass is 19.1. The number of hydrogen-bond donors (Lipinski definition) is 1. The molecule has 0 unspecified atom stereocenters. The van der Waals surface area contributed by atoms with Crippen molar-refractivity contribution in [3.8, 4) is 11.8 Å². The Labute approximate surface area is 175 Å². The van der Waals surface area contributed by atoms with E-state index in [0.29, 0.717) is 12.0 Å². The van der Waals surface area contributed by atoms with Crippen LogP contribution >= 0.6 is 0 Å². The fourth-order valence-corrected chi connectivity index (χ4v) is 2.49. The minimum Gasteiger partial charge on any atom is -0.490 e. The Bertz CT molecular complexity index is 950. The molecule has 155 valence electrons. The highest BCUT2D eigenvalue weighted by molar-refractivity contribution is 6.01. The van der Waals surface area contributed by atoms with Crippen LogP contribution in [-0.4, -0.2) is 37.4 Å². The summed E-state index contributed by atoms with van der Waals surface area (Å²) in [6.07, 6.45) is 2.01. The summed E-state index contributed by atoms with van der Waals surface area (Å²) < 4.78 is 19.4. The molecule has 0 fully saturated rings. The topological polar surface area (TPSA) is 82.4 Å². The van der Waals surface area contributed by atoms with Gasteiger partial charge in [0.2, 0.25) is 5.91 Å². The first-order chi connectivity index (χ1) is 14.4. The van der Waals surface area contributed by atoms with Crippen LogP contribution in [0.15, 0.2) is 54.1 Å². The average molecular weight is 408 g/mol. The van der Waals surface area contributed by atoms with Crippen molar-refractivity contribution in [2.75, 3.05) is 20.7 Å². The molecular formula is C23H23FN3O3. The average Bonchev–Trinajstić information content (AvgIpc) is 2.74. The van der Waals surface area contributed by atoms with Crippen LogP contribution < -0.4 is 10.1 Å². The van der Waals surface area contributed by atoms with E-state index in [-0.39, 0.29) is 30.3 Å². The zero-order chi connectivity index (χ0) is 21.9. The second kappa shape index (κ2) is 11.4. The van der Waals surface area contributed by atoms with Crippen LogP contribution in [0.4, 0.5) is 4.39 Å². The molecule has 0 aliphatic carbocycles. The molecule has 0 saturated carbocycles. The molecule has 1 N–H and O–H groups in total. The van der Waals surface area contributed by atoms with Crippen molar-refractivity contribution in [3.05, 3.63) is 77.6 Å². The second-order valence-corrected chi connectivity index (χ2v) is 6.62. The number of likely N-dealkylation sites (N-methyl/N-ethyl adjacent to an activating group) is 1. The van der Waals surface area contributed by atoms with Gasteiger partial charge in [-0.2, -0.15) is 5.26 Å². The van der Waals surface area contributed by atoms with E-state index >= 15 is 0 Å². The summed E-state index contributed by atoms with van der Waals surface area (Å²) in [5.74, 6) is -1.35. The van der Waals surface area contributed by atoms with Crippen LogP contribution in [0, 0.1) is 23.7 Å². The van der Waals surface area contributed by atoms with Gasteiger partial charge in [0.25, 0.3) is 5.91 Å². The van der Waals surface area contributed by atoms with Crippen molar-refractivity contribution in [2.45, 2.75) is 12.8 Å². The molecule has 0 aliphatic rings. The van der Waals surface area contributed by atoms with Crippen molar-refractivity contribution < 1.29 is 18.7 Å². The summed E-state index contributed by atoms with van der Waals surface area (Å²) in [6.45, 7) is 1.64. The number of hydrogen-bond acceptors (Lipinski definition) is 4. The van der Waals surface area contributed by atoms with Crippen LogP contribution in [0.3, 0.4) is 0 Å². The number of carbonyl (C=O) groups excluding carboxylic acids is 2. The van der Waals surface area contributed by atoms with Gasteiger partial charge >= 0.3 is 0 Å². The largest absolute Gasteiger partial charge is 0.490 e. The fraction of sp³-hybridized carbons (Fsp3) is 0.217. The molecule has 7 heteroatoms. The van der Waals surface area contributed by atoms with Crippen LogP contribution in [0.5, 0.6) is 5.75 Å². The van der Waals surface area contributed by atoms with Crippen LogP contribution in [0.25, 0.3) is 6.08 Å². The number of nitrogens with one attached hydrogen (secondary N) is 1. The zero-order valence-corrected chi connectivity index (χ0v) is 16.9. The molecule has 2 rings (SSSR count). The predicted octanol–water partition coefficient (Wildman–Crippen LogP) is 3.11. The normalized spacial score (nSPS) is 10.8. The van der Waals surface area contributed by atoms with Crippen LogP contribution in [-0.2, 0) is 16.0 Å². The first-order valence-corrected chi connectivity index (χ1v) is 9.31. The first kappa shape index (κ1) is 22.6. The molecule has 0 heterocycles. The summed E-state index contributed by atoms with van der Waals surface area (Å²) in [7, 11) is 3.07. The van der Waals surface area contributed by atoms with Gasteiger partial charge in [0, 0.05) is 14.1 Å². The highest BCUT2D eigenvalue weighted by Gasteiger charge is 2.12. The van der Waals surface area contributed by atoms with E-state index in [9.17, 15) is 14.0 Å². The van der Waals surface area contributed by atoms with Gasteiger partial charge in [0.05, 0.1) is 19.6 Å². The van der Waals surface area contributed by atoms with Crippen molar-refractivity contribution >= 4 is 17.9 Å². The molecule has 0 aromatic heterocycles. The van der Waals surface area contributed by atoms with Crippen molar-refractivity contribution in [2.24, 2.45) is 0 Å². The van der Waals surface area contributed by atoms with Gasteiger partial charge in [0.1, 0.15) is 11.6 Å². The highest BCUT2D eigenvalue weighted by Crippen LogP contribution is 2.21. The Morgan fingerprint density at radius 2 is 1.93 bits per heavy atom. The van der Waals surface area contributed by atoms with Crippen molar-refractivity contribution in [3.63, 3.8) is 0 Å². The zero-order valence-electron chi connectivity index (χ0n) is 16.9. The van der Waals surface area contributed by atoms with Gasteiger partial charge in [-0.3, -0.25) is 9.59 Å². The maximum Gasteiger partial charge on any atom is 0.264 e. The lowest BCUT2D eigenvalue weighted by Gasteiger charge is -2.10. The quantitative estimate of drug-likeness (QED) is 0.511. The lowest BCUT2D eigenvalue weighted by atomic mass is 10.1. The van der Waals surface area contributed by atoms with E-state index in [4.69, 9.17) is 10.00 Å². The van der Waals surface area contributed by atoms with Crippen molar-refractivity contribution in [1.29, 1.82) is 5.26 Å². The SMILES string of the molecule is CN(C)C(=O)C(C#N)=Cc1ccc(F)c(OCCC(=O)N[CH]Cc2ccccc2)c1. The smallest absolute Gasteiger partial charge is 0.264 e. The second-order valence-electron chi connectivity index (χ2n) is 6.62. The number of halogens is 1.